The average molecular weight is 330 g/mol. The fourth-order valence-corrected chi connectivity index (χ4v) is 3.64. The molecule has 2 aromatic rings. The summed E-state index contributed by atoms with van der Waals surface area (Å²) in [5.74, 6) is -0.523. The molecule has 1 aromatic heterocycles. The fourth-order valence-electron chi connectivity index (χ4n) is 2.14. The van der Waals surface area contributed by atoms with E-state index in [0.29, 0.717) is 33.0 Å². The van der Waals surface area contributed by atoms with E-state index in [2.05, 4.69) is 0 Å². The van der Waals surface area contributed by atoms with Crippen molar-refractivity contribution in [3.05, 3.63) is 33.9 Å². The number of carbonyl (C=O) groups is 1. The third-order valence-corrected chi connectivity index (χ3v) is 4.87. The molecule has 0 spiro atoms. The Morgan fingerprint density at radius 1 is 1.48 bits per heavy atom. The van der Waals surface area contributed by atoms with Crippen LogP contribution < -0.4 is 0 Å². The van der Waals surface area contributed by atoms with Crippen LogP contribution in [0.2, 0.25) is 5.02 Å². The third kappa shape index (κ3) is 3.36. The highest BCUT2D eigenvalue weighted by Gasteiger charge is 2.24. The zero-order valence-electron chi connectivity index (χ0n) is 11.9. The molecule has 0 saturated carbocycles. The van der Waals surface area contributed by atoms with E-state index < -0.39 is 0 Å². The molecule has 1 aromatic carbocycles. The predicted molar refractivity (Wildman–Crippen MR) is 84.7 cm³/mol. The normalized spacial score (nSPS) is 11.3. The topological polar surface area (TPSA) is 40.5 Å². The molecular formula is C15H17ClFNO2S. The van der Waals surface area contributed by atoms with Crippen molar-refractivity contribution in [1.82, 2.24) is 4.90 Å². The molecule has 0 aliphatic heterocycles. The lowest BCUT2D eigenvalue weighted by Crippen LogP contribution is -2.37. The molecule has 6 heteroatoms. The van der Waals surface area contributed by atoms with Crippen LogP contribution in [0.25, 0.3) is 10.1 Å². The van der Waals surface area contributed by atoms with Crippen molar-refractivity contribution in [2.45, 2.75) is 26.3 Å². The van der Waals surface area contributed by atoms with Crippen LogP contribution in [0.3, 0.4) is 0 Å². The molecule has 21 heavy (non-hydrogen) atoms. The van der Waals surface area contributed by atoms with E-state index in [-0.39, 0.29) is 24.4 Å². The molecule has 114 valence electrons. The summed E-state index contributed by atoms with van der Waals surface area (Å²) in [7, 11) is 0. The van der Waals surface area contributed by atoms with Crippen LogP contribution in [0.5, 0.6) is 0 Å². The second kappa shape index (κ2) is 6.73. The Morgan fingerprint density at radius 2 is 2.19 bits per heavy atom. The maximum Gasteiger partial charge on any atom is 0.265 e. The van der Waals surface area contributed by atoms with E-state index in [0.717, 1.165) is 0 Å². The maximum atomic E-state index is 13.3. The summed E-state index contributed by atoms with van der Waals surface area (Å²) in [5, 5.41) is 10.0. The molecule has 0 unspecified atom stereocenters. The molecule has 0 aliphatic rings. The Kier molecular flexibility index (Phi) is 5.19. The van der Waals surface area contributed by atoms with E-state index in [1.165, 1.54) is 23.5 Å². The minimum Gasteiger partial charge on any atom is -0.396 e. The number of nitrogens with zero attached hydrogens (tertiary/aromatic N) is 1. The Labute approximate surface area is 131 Å². The van der Waals surface area contributed by atoms with Gasteiger partial charge in [-0.15, -0.1) is 11.3 Å². The number of aliphatic hydroxyl groups is 1. The van der Waals surface area contributed by atoms with Gasteiger partial charge in [0.15, 0.2) is 0 Å². The molecule has 0 fully saturated rings. The molecule has 0 radical (unpaired) electrons. The van der Waals surface area contributed by atoms with E-state index in [1.807, 2.05) is 13.8 Å². The molecule has 2 rings (SSSR count). The lowest BCUT2D eigenvalue weighted by molar-refractivity contribution is 0.0698. The Balaban J connectivity index is 2.39. The molecule has 1 heterocycles. The lowest BCUT2D eigenvalue weighted by Gasteiger charge is -2.26. The van der Waals surface area contributed by atoms with Crippen LogP contribution in [-0.2, 0) is 0 Å². The lowest BCUT2D eigenvalue weighted by atomic mass is 10.2. The first-order valence-corrected chi connectivity index (χ1v) is 7.94. The summed E-state index contributed by atoms with van der Waals surface area (Å²) >= 11 is 7.48. The van der Waals surface area contributed by atoms with Gasteiger partial charge in [-0.1, -0.05) is 11.6 Å². The van der Waals surface area contributed by atoms with Crippen molar-refractivity contribution < 1.29 is 14.3 Å². The largest absolute Gasteiger partial charge is 0.396 e. The van der Waals surface area contributed by atoms with Crippen LogP contribution in [0.4, 0.5) is 4.39 Å². The zero-order chi connectivity index (χ0) is 15.6. The summed E-state index contributed by atoms with van der Waals surface area (Å²) in [4.78, 5) is 14.7. The smallest absolute Gasteiger partial charge is 0.265 e. The molecule has 1 N–H and O–H groups in total. The number of amides is 1. The summed E-state index contributed by atoms with van der Waals surface area (Å²) in [6.45, 7) is 4.32. The summed E-state index contributed by atoms with van der Waals surface area (Å²) < 4.78 is 13.9. The number of hydrogen-bond donors (Lipinski definition) is 1. The fraction of sp³-hybridized carbons (Fsp3) is 0.400. The highest BCUT2D eigenvalue weighted by atomic mass is 35.5. The van der Waals surface area contributed by atoms with Crippen molar-refractivity contribution in [1.29, 1.82) is 0 Å². The van der Waals surface area contributed by atoms with E-state index in [1.54, 1.807) is 11.0 Å². The molecule has 3 nitrogen and oxygen atoms in total. The minimum atomic E-state index is -0.347. The van der Waals surface area contributed by atoms with Crippen molar-refractivity contribution >= 4 is 38.9 Å². The summed E-state index contributed by atoms with van der Waals surface area (Å²) in [5.41, 5.74) is 0. The van der Waals surface area contributed by atoms with Gasteiger partial charge in [-0.05, 0) is 38.5 Å². The van der Waals surface area contributed by atoms with E-state index >= 15 is 0 Å². The SMILES string of the molecule is CC(C)N(CCCO)C(=O)c1sc2cc(F)ccc2c1Cl. The maximum absolute atomic E-state index is 13.3. The predicted octanol–water partition coefficient (Wildman–Crippen LogP) is 3.93. The van der Waals surface area contributed by atoms with E-state index in [9.17, 15) is 9.18 Å². The quantitative estimate of drug-likeness (QED) is 0.903. The third-order valence-electron chi connectivity index (χ3n) is 3.23. The van der Waals surface area contributed by atoms with Gasteiger partial charge in [0.25, 0.3) is 5.91 Å². The monoisotopic (exact) mass is 329 g/mol. The van der Waals surface area contributed by atoms with Crippen LogP contribution in [0, 0.1) is 5.82 Å². The number of rotatable bonds is 5. The Hall–Kier alpha value is -1.17. The Morgan fingerprint density at radius 3 is 2.81 bits per heavy atom. The number of aliphatic hydroxyl groups excluding tert-OH is 1. The van der Waals surface area contributed by atoms with Gasteiger partial charge < -0.3 is 10.0 Å². The second-order valence-electron chi connectivity index (χ2n) is 5.06. The summed E-state index contributed by atoms with van der Waals surface area (Å²) in [6, 6.07) is 4.31. The van der Waals surface area contributed by atoms with E-state index in [4.69, 9.17) is 16.7 Å². The highest BCUT2D eigenvalue weighted by molar-refractivity contribution is 7.21. The van der Waals surface area contributed by atoms with Crippen LogP contribution in [0.15, 0.2) is 18.2 Å². The van der Waals surface area contributed by atoms with Gasteiger partial charge in [-0.3, -0.25) is 4.79 Å². The van der Waals surface area contributed by atoms with Gasteiger partial charge in [0.2, 0.25) is 0 Å². The standard InChI is InChI=1S/C15H17ClFNO2S/c1-9(2)18(6-3-7-19)15(20)14-13(16)11-5-4-10(17)8-12(11)21-14/h4-5,8-9,19H,3,6-7H2,1-2H3. The first kappa shape index (κ1) is 16.2. The van der Waals surface area contributed by atoms with Gasteiger partial charge >= 0.3 is 0 Å². The van der Waals surface area contributed by atoms with Gasteiger partial charge in [0.05, 0.1) is 5.02 Å². The second-order valence-corrected chi connectivity index (χ2v) is 6.49. The number of hydrogen-bond acceptors (Lipinski definition) is 3. The van der Waals surface area contributed by atoms with Crippen LogP contribution in [-0.4, -0.2) is 35.1 Å². The first-order valence-electron chi connectivity index (χ1n) is 6.75. The number of halogens is 2. The average Bonchev–Trinajstić information content (AvgIpc) is 2.75. The molecule has 0 aliphatic carbocycles. The number of thiophene rings is 1. The van der Waals surface area contributed by atoms with Crippen molar-refractivity contribution in [2.24, 2.45) is 0 Å². The van der Waals surface area contributed by atoms with Gasteiger partial charge in [-0.2, -0.15) is 0 Å². The molecule has 1 amide bonds. The molecule has 0 atom stereocenters. The van der Waals surface area contributed by atoms with Gasteiger partial charge in [0, 0.05) is 29.3 Å². The number of carbonyl (C=O) groups excluding carboxylic acids is 1. The van der Waals surface area contributed by atoms with Crippen LogP contribution in [0.1, 0.15) is 29.9 Å². The number of fused-ring (bicyclic) bond motifs is 1. The molecule has 0 bridgehead atoms. The molecule has 0 saturated heterocycles. The van der Waals surface area contributed by atoms with Crippen molar-refractivity contribution in [3.8, 4) is 0 Å². The van der Waals surface area contributed by atoms with Crippen molar-refractivity contribution in [2.75, 3.05) is 13.2 Å². The first-order chi connectivity index (χ1) is 9.95. The van der Waals surface area contributed by atoms with Gasteiger partial charge in [0.1, 0.15) is 10.7 Å². The Bertz CT molecular complexity index is 656. The number of benzene rings is 1. The van der Waals surface area contributed by atoms with Gasteiger partial charge in [-0.25, -0.2) is 4.39 Å². The molecular weight excluding hydrogens is 313 g/mol. The highest BCUT2D eigenvalue weighted by Crippen LogP contribution is 2.36. The van der Waals surface area contributed by atoms with Crippen molar-refractivity contribution in [3.63, 3.8) is 0 Å². The summed E-state index contributed by atoms with van der Waals surface area (Å²) in [6.07, 6.45) is 0.515. The minimum absolute atomic E-state index is 0.00191. The van der Waals surface area contributed by atoms with Crippen LogP contribution >= 0.6 is 22.9 Å². The zero-order valence-corrected chi connectivity index (χ0v) is 13.5.